The van der Waals surface area contributed by atoms with E-state index in [0.717, 1.165) is 19.0 Å². The van der Waals surface area contributed by atoms with Crippen LogP contribution in [0.2, 0.25) is 0 Å². The molecule has 1 heterocycles. The zero-order valence-electron chi connectivity index (χ0n) is 11.1. The van der Waals surface area contributed by atoms with Crippen LogP contribution in [0, 0.1) is 17.3 Å². The third-order valence-electron chi connectivity index (χ3n) is 4.64. The Morgan fingerprint density at radius 1 is 1.41 bits per heavy atom. The Bertz CT molecular complexity index is 279. The van der Waals surface area contributed by atoms with Crippen molar-refractivity contribution in [2.75, 3.05) is 19.7 Å². The van der Waals surface area contributed by atoms with Gasteiger partial charge in [0.15, 0.2) is 0 Å². The summed E-state index contributed by atoms with van der Waals surface area (Å²) in [5.41, 5.74) is 0.191. The number of carbonyl (C=O) groups excluding carboxylic acids is 1. The zero-order chi connectivity index (χ0) is 12.3. The van der Waals surface area contributed by atoms with Crippen molar-refractivity contribution in [1.29, 1.82) is 0 Å². The van der Waals surface area contributed by atoms with E-state index in [4.69, 9.17) is 4.74 Å². The summed E-state index contributed by atoms with van der Waals surface area (Å²) in [4.78, 5) is 12.1. The molecule has 1 saturated carbocycles. The molecule has 1 aliphatic carbocycles. The van der Waals surface area contributed by atoms with Crippen molar-refractivity contribution in [3.8, 4) is 0 Å². The Kier molecular flexibility index (Phi) is 4.08. The Morgan fingerprint density at radius 3 is 3.00 bits per heavy atom. The fraction of sp³-hybridized carbons (Fsp3) is 0.929. The summed E-state index contributed by atoms with van der Waals surface area (Å²) in [6.45, 7) is 6.54. The molecule has 3 unspecified atom stereocenters. The molecule has 98 valence electrons. The van der Waals surface area contributed by atoms with Gasteiger partial charge in [0, 0.05) is 13.1 Å². The van der Waals surface area contributed by atoms with E-state index in [1.54, 1.807) is 0 Å². The first-order valence-corrected chi connectivity index (χ1v) is 7.05. The highest BCUT2D eigenvalue weighted by Gasteiger charge is 2.47. The Hall–Kier alpha value is -0.570. The van der Waals surface area contributed by atoms with Crippen LogP contribution < -0.4 is 5.32 Å². The van der Waals surface area contributed by atoms with Gasteiger partial charge in [0.05, 0.1) is 12.5 Å². The van der Waals surface area contributed by atoms with Crippen LogP contribution in [0.4, 0.5) is 0 Å². The monoisotopic (exact) mass is 239 g/mol. The van der Waals surface area contributed by atoms with Crippen LogP contribution in [0.5, 0.6) is 0 Å². The maximum Gasteiger partial charge on any atom is 0.310 e. The van der Waals surface area contributed by atoms with E-state index in [1.807, 2.05) is 6.92 Å². The summed E-state index contributed by atoms with van der Waals surface area (Å²) in [6, 6.07) is 0. The summed E-state index contributed by atoms with van der Waals surface area (Å²) in [6.07, 6.45) is 6.21. The van der Waals surface area contributed by atoms with Gasteiger partial charge in [0.2, 0.25) is 0 Å². The molecule has 2 aliphatic rings. The van der Waals surface area contributed by atoms with Crippen LogP contribution in [0.25, 0.3) is 0 Å². The molecule has 3 heteroatoms. The van der Waals surface area contributed by atoms with Gasteiger partial charge in [-0.2, -0.15) is 0 Å². The number of hydrogen-bond acceptors (Lipinski definition) is 3. The van der Waals surface area contributed by atoms with E-state index in [0.29, 0.717) is 6.61 Å². The van der Waals surface area contributed by atoms with Crippen molar-refractivity contribution in [3.63, 3.8) is 0 Å². The van der Waals surface area contributed by atoms with E-state index in [1.165, 1.54) is 32.1 Å². The second-order valence-electron chi connectivity index (χ2n) is 5.83. The lowest BCUT2D eigenvalue weighted by Crippen LogP contribution is -2.35. The van der Waals surface area contributed by atoms with E-state index in [-0.39, 0.29) is 17.3 Å². The highest BCUT2D eigenvalue weighted by Crippen LogP contribution is 2.45. The highest BCUT2D eigenvalue weighted by molar-refractivity contribution is 5.74. The van der Waals surface area contributed by atoms with Crippen LogP contribution in [-0.2, 0) is 9.53 Å². The smallest absolute Gasteiger partial charge is 0.310 e. The molecule has 0 aromatic carbocycles. The number of esters is 1. The molecule has 0 radical (unpaired) electrons. The molecule has 0 aromatic heterocycles. The average molecular weight is 239 g/mol. The fourth-order valence-electron chi connectivity index (χ4n) is 3.51. The lowest BCUT2D eigenvalue weighted by molar-refractivity contribution is -0.151. The minimum absolute atomic E-state index is 0.0204. The quantitative estimate of drug-likeness (QED) is 0.752. The molecule has 2 rings (SSSR count). The number of ether oxygens (including phenoxy) is 1. The van der Waals surface area contributed by atoms with Crippen molar-refractivity contribution >= 4 is 5.97 Å². The summed E-state index contributed by atoms with van der Waals surface area (Å²) in [7, 11) is 0. The van der Waals surface area contributed by atoms with Crippen LogP contribution in [-0.4, -0.2) is 25.7 Å². The second kappa shape index (κ2) is 5.38. The van der Waals surface area contributed by atoms with Crippen LogP contribution >= 0.6 is 0 Å². The average Bonchev–Trinajstić information content (AvgIpc) is 2.61. The highest BCUT2D eigenvalue weighted by atomic mass is 16.5. The third kappa shape index (κ3) is 2.65. The molecule has 0 bridgehead atoms. The Morgan fingerprint density at radius 2 is 2.24 bits per heavy atom. The van der Waals surface area contributed by atoms with Crippen molar-refractivity contribution in [1.82, 2.24) is 5.32 Å². The normalized spacial score (nSPS) is 38.0. The second-order valence-corrected chi connectivity index (χ2v) is 5.83. The van der Waals surface area contributed by atoms with Gasteiger partial charge in [-0.15, -0.1) is 0 Å². The summed E-state index contributed by atoms with van der Waals surface area (Å²) >= 11 is 0. The SMILES string of the molecule is CCOC(=O)C1CNCC12CCCC(C)CC2. The summed E-state index contributed by atoms with van der Waals surface area (Å²) in [5.74, 6) is 0.928. The molecule has 3 nitrogen and oxygen atoms in total. The van der Waals surface area contributed by atoms with Crippen molar-refractivity contribution in [3.05, 3.63) is 0 Å². The van der Waals surface area contributed by atoms with Crippen molar-refractivity contribution in [2.45, 2.75) is 46.0 Å². The van der Waals surface area contributed by atoms with Crippen LogP contribution in [0.1, 0.15) is 46.0 Å². The van der Waals surface area contributed by atoms with E-state index in [9.17, 15) is 4.79 Å². The van der Waals surface area contributed by atoms with Gasteiger partial charge in [0.25, 0.3) is 0 Å². The van der Waals surface area contributed by atoms with Crippen LogP contribution in [0.3, 0.4) is 0 Å². The molecule has 3 atom stereocenters. The lowest BCUT2D eigenvalue weighted by Gasteiger charge is -2.32. The first-order valence-electron chi connectivity index (χ1n) is 7.05. The predicted molar refractivity (Wildman–Crippen MR) is 67.7 cm³/mol. The summed E-state index contributed by atoms with van der Waals surface area (Å²) in [5, 5.41) is 3.41. The minimum Gasteiger partial charge on any atom is -0.466 e. The fourth-order valence-corrected chi connectivity index (χ4v) is 3.51. The standard InChI is InChI=1S/C14H25NO2/c1-3-17-13(16)12-9-15-10-14(12)7-4-5-11(2)6-8-14/h11-12,15H,3-10H2,1-2H3. The molecular formula is C14H25NO2. The first-order chi connectivity index (χ1) is 8.18. The molecule has 1 saturated heterocycles. The largest absolute Gasteiger partial charge is 0.466 e. The minimum atomic E-state index is 0.0204. The number of rotatable bonds is 2. The number of hydrogen-bond donors (Lipinski definition) is 1. The van der Waals surface area contributed by atoms with Crippen LogP contribution in [0.15, 0.2) is 0 Å². The molecule has 1 N–H and O–H groups in total. The maximum absolute atomic E-state index is 12.1. The topological polar surface area (TPSA) is 38.3 Å². The Balaban J connectivity index is 2.08. The molecule has 1 aliphatic heterocycles. The zero-order valence-corrected chi connectivity index (χ0v) is 11.1. The molecule has 0 aromatic rings. The Labute approximate surface area is 104 Å². The van der Waals surface area contributed by atoms with E-state index in [2.05, 4.69) is 12.2 Å². The van der Waals surface area contributed by atoms with Crippen molar-refractivity contribution in [2.24, 2.45) is 17.3 Å². The molecule has 1 spiro atoms. The number of carbonyl (C=O) groups is 1. The van der Waals surface area contributed by atoms with Gasteiger partial charge in [-0.25, -0.2) is 0 Å². The van der Waals surface area contributed by atoms with Gasteiger partial charge < -0.3 is 10.1 Å². The maximum atomic E-state index is 12.1. The summed E-state index contributed by atoms with van der Waals surface area (Å²) < 4.78 is 5.24. The molecular weight excluding hydrogens is 214 g/mol. The van der Waals surface area contributed by atoms with E-state index >= 15 is 0 Å². The van der Waals surface area contributed by atoms with Gasteiger partial charge in [-0.3, -0.25) is 4.79 Å². The van der Waals surface area contributed by atoms with Gasteiger partial charge in [-0.1, -0.05) is 26.2 Å². The molecule has 17 heavy (non-hydrogen) atoms. The first kappa shape index (κ1) is 12.9. The van der Waals surface area contributed by atoms with Crippen molar-refractivity contribution < 1.29 is 9.53 Å². The lowest BCUT2D eigenvalue weighted by atomic mass is 9.72. The molecule has 2 fully saturated rings. The molecule has 0 amide bonds. The predicted octanol–water partition coefficient (Wildman–Crippen LogP) is 2.36. The number of nitrogens with one attached hydrogen (secondary N) is 1. The van der Waals surface area contributed by atoms with Gasteiger partial charge in [0.1, 0.15) is 0 Å². The van der Waals surface area contributed by atoms with E-state index < -0.39 is 0 Å². The third-order valence-corrected chi connectivity index (χ3v) is 4.64. The van der Waals surface area contributed by atoms with Gasteiger partial charge >= 0.3 is 5.97 Å². The van der Waals surface area contributed by atoms with Gasteiger partial charge in [-0.05, 0) is 31.1 Å².